The number of ether oxygens (including phenoxy) is 1. The van der Waals surface area contributed by atoms with Crippen LogP contribution in [-0.2, 0) is 4.74 Å². The third kappa shape index (κ3) is 4.57. The van der Waals surface area contributed by atoms with E-state index in [1.165, 1.54) is 19.3 Å². The van der Waals surface area contributed by atoms with Crippen LogP contribution < -0.4 is 0 Å². The zero-order valence-corrected chi connectivity index (χ0v) is 11.7. The molecular weight excluding hydrogens is 214 g/mol. The van der Waals surface area contributed by atoms with Crippen molar-refractivity contribution in [3.8, 4) is 0 Å². The number of aliphatic hydroxyl groups excluding tert-OH is 1. The molecule has 0 bridgehead atoms. The number of aliphatic hydroxyl groups is 1. The van der Waals surface area contributed by atoms with E-state index in [-0.39, 0.29) is 6.10 Å². The van der Waals surface area contributed by atoms with E-state index in [9.17, 15) is 5.11 Å². The van der Waals surface area contributed by atoms with Crippen molar-refractivity contribution in [2.45, 2.75) is 70.6 Å². The Morgan fingerprint density at radius 1 is 1.29 bits per heavy atom. The molecule has 0 aromatic carbocycles. The molecule has 102 valence electrons. The topological polar surface area (TPSA) is 32.7 Å². The van der Waals surface area contributed by atoms with Crippen LogP contribution in [0.3, 0.4) is 0 Å². The van der Waals surface area contributed by atoms with Gasteiger partial charge in [0, 0.05) is 25.7 Å². The van der Waals surface area contributed by atoms with Gasteiger partial charge in [-0.25, -0.2) is 0 Å². The van der Waals surface area contributed by atoms with Gasteiger partial charge in [0.2, 0.25) is 0 Å². The summed E-state index contributed by atoms with van der Waals surface area (Å²) in [6, 6.07) is 0.866. The van der Waals surface area contributed by atoms with Gasteiger partial charge < -0.3 is 9.84 Å². The Hall–Kier alpha value is -0.120. The average molecular weight is 243 g/mol. The minimum atomic E-state index is -0.150. The Balaban J connectivity index is 2.64. The zero-order valence-electron chi connectivity index (χ0n) is 11.7. The molecule has 3 heteroatoms. The molecule has 3 unspecified atom stereocenters. The van der Waals surface area contributed by atoms with Crippen LogP contribution in [0.2, 0.25) is 0 Å². The molecular formula is C14H29NO2. The van der Waals surface area contributed by atoms with Crippen molar-refractivity contribution in [2.24, 2.45) is 0 Å². The van der Waals surface area contributed by atoms with Crippen LogP contribution in [0.5, 0.6) is 0 Å². The van der Waals surface area contributed by atoms with E-state index in [0.29, 0.717) is 12.1 Å². The second-order valence-electron chi connectivity index (χ2n) is 5.26. The Morgan fingerprint density at radius 3 is 2.65 bits per heavy atom. The van der Waals surface area contributed by atoms with Crippen LogP contribution in [0.15, 0.2) is 0 Å². The number of methoxy groups -OCH3 is 1. The molecule has 17 heavy (non-hydrogen) atoms. The summed E-state index contributed by atoms with van der Waals surface area (Å²) in [5.41, 5.74) is 0. The average Bonchev–Trinajstić information content (AvgIpc) is 2.55. The highest BCUT2D eigenvalue weighted by molar-refractivity contribution is 4.84. The normalized spacial score (nSPS) is 28.1. The minimum Gasteiger partial charge on any atom is -0.391 e. The standard InChI is InChI=1S/C14H29NO2/c1-4-12(2)15(10-11-17-3)13-8-6-5-7-9-14(13)16/h12-14,16H,4-11H2,1-3H3. The summed E-state index contributed by atoms with van der Waals surface area (Å²) in [6.45, 7) is 6.17. The van der Waals surface area contributed by atoms with Crippen molar-refractivity contribution in [1.29, 1.82) is 0 Å². The van der Waals surface area contributed by atoms with Gasteiger partial charge in [-0.05, 0) is 26.2 Å². The Kier molecular flexibility index (Phi) is 7.09. The van der Waals surface area contributed by atoms with Gasteiger partial charge in [-0.3, -0.25) is 4.90 Å². The first kappa shape index (κ1) is 14.9. The van der Waals surface area contributed by atoms with E-state index < -0.39 is 0 Å². The van der Waals surface area contributed by atoms with E-state index in [4.69, 9.17) is 4.74 Å². The number of hydrogen-bond acceptors (Lipinski definition) is 3. The molecule has 3 atom stereocenters. The lowest BCUT2D eigenvalue weighted by Crippen LogP contribution is -2.48. The van der Waals surface area contributed by atoms with E-state index >= 15 is 0 Å². The van der Waals surface area contributed by atoms with Gasteiger partial charge in [-0.1, -0.05) is 26.2 Å². The lowest BCUT2D eigenvalue weighted by atomic mass is 10.0. The largest absolute Gasteiger partial charge is 0.391 e. The van der Waals surface area contributed by atoms with E-state index in [1.54, 1.807) is 7.11 Å². The predicted molar refractivity (Wildman–Crippen MR) is 71.2 cm³/mol. The Morgan fingerprint density at radius 2 is 2.00 bits per heavy atom. The summed E-state index contributed by atoms with van der Waals surface area (Å²) < 4.78 is 5.20. The van der Waals surface area contributed by atoms with Crippen LogP contribution in [-0.4, -0.2) is 48.5 Å². The second-order valence-corrected chi connectivity index (χ2v) is 5.26. The van der Waals surface area contributed by atoms with Crippen molar-refractivity contribution in [3.05, 3.63) is 0 Å². The number of hydrogen-bond donors (Lipinski definition) is 1. The summed E-state index contributed by atoms with van der Waals surface area (Å²) in [5.74, 6) is 0. The Labute approximate surface area is 106 Å². The first-order chi connectivity index (χ1) is 8.20. The molecule has 0 heterocycles. The second kappa shape index (κ2) is 8.06. The highest BCUT2D eigenvalue weighted by Gasteiger charge is 2.29. The van der Waals surface area contributed by atoms with Crippen molar-refractivity contribution >= 4 is 0 Å². The van der Waals surface area contributed by atoms with Crippen LogP contribution >= 0.6 is 0 Å². The van der Waals surface area contributed by atoms with Crippen molar-refractivity contribution in [1.82, 2.24) is 4.90 Å². The molecule has 0 aromatic heterocycles. The summed E-state index contributed by atoms with van der Waals surface area (Å²) in [7, 11) is 1.75. The maximum absolute atomic E-state index is 10.3. The van der Waals surface area contributed by atoms with Crippen molar-refractivity contribution < 1.29 is 9.84 Å². The van der Waals surface area contributed by atoms with Gasteiger partial charge in [0.05, 0.1) is 12.7 Å². The van der Waals surface area contributed by atoms with Crippen molar-refractivity contribution in [3.63, 3.8) is 0 Å². The molecule has 0 spiro atoms. The monoisotopic (exact) mass is 243 g/mol. The van der Waals surface area contributed by atoms with E-state index in [2.05, 4.69) is 18.7 Å². The molecule has 1 aliphatic rings. The van der Waals surface area contributed by atoms with E-state index in [0.717, 1.165) is 32.4 Å². The molecule has 0 amide bonds. The summed E-state index contributed by atoms with van der Waals surface area (Å²) >= 11 is 0. The quantitative estimate of drug-likeness (QED) is 0.727. The molecule has 0 aliphatic heterocycles. The van der Waals surface area contributed by atoms with Crippen LogP contribution in [0.1, 0.15) is 52.4 Å². The summed E-state index contributed by atoms with van der Waals surface area (Å²) in [4.78, 5) is 2.46. The molecule has 1 aliphatic carbocycles. The van der Waals surface area contributed by atoms with Gasteiger partial charge >= 0.3 is 0 Å². The van der Waals surface area contributed by atoms with E-state index in [1.807, 2.05) is 0 Å². The molecule has 1 rings (SSSR count). The fourth-order valence-electron chi connectivity index (χ4n) is 2.80. The third-order valence-electron chi connectivity index (χ3n) is 4.08. The summed E-state index contributed by atoms with van der Waals surface area (Å²) in [6.07, 6.45) is 6.78. The van der Waals surface area contributed by atoms with Crippen molar-refractivity contribution in [2.75, 3.05) is 20.3 Å². The highest BCUT2D eigenvalue weighted by atomic mass is 16.5. The molecule has 1 fully saturated rings. The predicted octanol–water partition coefficient (Wildman–Crippen LogP) is 2.43. The highest BCUT2D eigenvalue weighted by Crippen LogP contribution is 2.24. The fourth-order valence-corrected chi connectivity index (χ4v) is 2.80. The zero-order chi connectivity index (χ0) is 12.7. The van der Waals surface area contributed by atoms with Gasteiger partial charge in [-0.15, -0.1) is 0 Å². The first-order valence-electron chi connectivity index (χ1n) is 7.13. The molecule has 0 radical (unpaired) electrons. The maximum atomic E-state index is 10.3. The number of rotatable bonds is 6. The third-order valence-corrected chi connectivity index (χ3v) is 4.08. The molecule has 0 saturated heterocycles. The summed E-state index contributed by atoms with van der Waals surface area (Å²) in [5, 5.41) is 10.3. The minimum absolute atomic E-state index is 0.150. The fraction of sp³-hybridized carbons (Fsp3) is 1.00. The Bertz CT molecular complexity index is 199. The van der Waals surface area contributed by atoms with Crippen LogP contribution in [0, 0.1) is 0 Å². The van der Waals surface area contributed by atoms with Gasteiger partial charge in [0.25, 0.3) is 0 Å². The lowest BCUT2D eigenvalue weighted by Gasteiger charge is -2.38. The molecule has 1 saturated carbocycles. The van der Waals surface area contributed by atoms with Gasteiger partial charge in [0.1, 0.15) is 0 Å². The SMILES string of the molecule is CCC(C)N(CCOC)C1CCCCCC1O. The molecule has 3 nitrogen and oxygen atoms in total. The van der Waals surface area contributed by atoms with Crippen LogP contribution in [0.4, 0.5) is 0 Å². The lowest BCUT2D eigenvalue weighted by molar-refractivity contribution is 0.00872. The number of nitrogens with zero attached hydrogens (tertiary/aromatic N) is 1. The smallest absolute Gasteiger partial charge is 0.0695 e. The van der Waals surface area contributed by atoms with Gasteiger partial charge in [0.15, 0.2) is 0 Å². The molecule has 1 N–H and O–H groups in total. The van der Waals surface area contributed by atoms with Gasteiger partial charge in [-0.2, -0.15) is 0 Å². The molecule has 0 aromatic rings. The van der Waals surface area contributed by atoms with Crippen LogP contribution in [0.25, 0.3) is 0 Å². The maximum Gasteiger partial charge on any atom is 0.0695 e. The first-order valence-corrected chi connectivity index (χ1v) is 7.13.